The lowest BCUT2D eigenvalue weighted by atomic mass is 10.1. The van der Waals surface area contributed by atoms with Crippen molar-refractivity contribution in [1.29, 1.82) is 0 Å². The van der Waals surface area contributed by atoms with E-state index in [0.717, 1.165) is 64.1 Å². The highest BCUT2D eigenvalue weighted by atomic mass is 35.5. The lowest BCUT2D eigenvalue weighted by molar-refractivity contribution is -0.131. The van der Waals surface area contributed by atoms with Gasteiger partial charge in [-0.3, -0.25) is 4.79 Å². The normalized spacial score (nSPS) is 13.9. The Kier molecular flexibility index (Phi) is 11.8. The Labute approximate surface area is 156 Å². The minimum atomic E-state index is -0.216. The predicted octanol–water partition coefficient (Wildman–Crippen LogP) is 3.23. The summed E-state index contributed by atoms with van der Waals surface area (Å²) in [5.41, 5.74) is 6.48. The Morgan fingerprint density at radius 2 is 1.54 bits per heavy atom. The highest BCUT2D eigenvalue weighted by Crippen LogP contribution is 2.17. The lowest BCUT2D eigenvalue weighted by Crippen LogP contribution is -2.48. The van der Waals surface area contributed by atoms with E-state index in [2.05, 4.69) is 4.90 Å². The molecule has 1 saturated heterocycles. The molecule has 2 N–H and O–H groups in total. The maximum absolute atomic E-state index is 12.9. The number of hydrogen-bond donors (Lipinski definition) is 1. The zero-order valence-corrected chi connectivity index (χ0v) is 15.6. The second-order valence-electron chi connectivity index (χ2n) is 5.80. The van der Waals surface area contributed by atoms with E-state index in [0.29, 0.717) is 6.42 Å². The van der Waals surface area contributed by atoms with Crippen LogP contribution in [0.2, 0.25) is 0 Å². The SMILES string of the molecule is Cl.Cl.NCCCCCCC(=O)N1CCN(c2ccc(F)cc2)CC1. The molecular formula is C17H28Cl2FN3O. The molecule has 1 aliphatic heterocycles. The maximum atomic E-state index is 12.9. The van der Waals surface area contributed by atoms with Gasteiger partial charge in [-0.15, -0.1) is 24.8 Å². The van der Waals surface area contributed by atoms with Crippen molar-refractivity contribution < 1.29 is 9.18 Å². The van der Waals surface area contributed by atoms with E-state index < -0.39 is 0 Å². The van der Waals surface area contributed by atoms with Gasteiger partial charge in [0.25, 0.3) is 0 Å². The molecule has 4 nitrogen and oxygen atoms in total. The third kappa shape index (κ3) is 7.24. The van der Waals surface area contributed by atoms with Crippen molar-refractivity contribution in [3.8, 4) is 0 Å². The first kappa shape index (κ1) is 23.0. The molecule has 138 valence electrons. The Morgan fingerprint density at radius 1 is 0.958 bits per heavy atom. The molecule has 2 rings (SSSR count). The highest BCUT2D eigenvalue weighted by molar-refractivity contribution is 5.85. The minimum absolute atomic E-state index is 0. The van der Waals surface area contributed by atoms with E-state index in [9.17, 15) is 9.18 Å². The summed E-state index contributed by atoms with van der Waals surface area (Å²) in [4.78, 5) is 16.3. The van der Waals surface area contributed by atoms with Crippen LogP contribution in [0.4, 0.5) is 10.1 Å². The van der Waals surface area contributed by atoms with Crippen molar-refractivity contribution in [2.75, 3.05) is 37.6 Å². The van der Waals surface area contributed by atoms with Gasteiger partial charge in [-0.05, 0) is 43.7 Å². The van der Waals surface area contributed by atoms with Crippen LogP contribution < -0.4 is 10.6 Å². The first-order valence-electron chi connectivity index (χ1n) is 8.19. The van der Waals surface area contributed by atoms with Gasteiger partial charge in [0.15, 0.2) is 0 Å². The maximum Gasteiger partial charge on any atom is 0.222 e. The number of unbranched alkanes of at least 4 members (excludes halogenated alkanes) is 3. The van der Waals surface area contributed by atoms with Crippen LogP contribution in [-0.4, -0.2) is 43.5 Å². The molecule has 0 atom stereocenters. The number of nitrogens with two attached hydrogens (primary N) is 1. The van der Waals surface area contributed by atoms with Crippen LogP contribution in [0.15, 0.2) is 24.3 Å². The number of carbonyl (C=O) groups excluding carboxylic acids is 1. The summed E-state index contributed by atoms with van der Waals surface area (Å²) in [5.74, 6) is 0.0405. The number of carbonyl (C=O) groups is 1. The van der Waals surface area contributed by atoms with E-state index in [1.807, 2.05) is 4.90 Å². The van der Waals surface area contributed by atoms with E-state index in [4.69, 9.17) is 5.73 Å². The number of piperazine rings is 1. The summed E-state index contributed by atoms with van der Waals surface area (Å²) in [5, 5.41) is 0. The number of amides is 1. The topological polar surface area (TPSA) is 49.6 Å². The number of halogens is 3. The van der Waals surface area contributed by atoms with E-state index in [1.165, 1.54) is 12.1 Å². The zero-order chi connectivity index (χ0) is 15.8. The van der Waals surface area contributed by atoms with Crippen molar-refractivity contribution >= 4 is 36.4 Å². The number of nitrogens with zero attached hydrogens (tertiary/aromatic N) is 2. The third-order valence-corrected chi connectivity index (χ3v) is 4.17. The second-order valence-corrected chi connectivity index (χ2v) is 5.80. The number of hydrogen-bond acceptors (Lipinski definition) is 3. The first-order chi connectivity index (χ1) is 10.7. The van der Waals surface area contributed by atoms with Gasteiger partial charge in [0.1, 0.15) is 5.82 Å². The molecule has 1 aromatic rings. The summed E-state index contributed by atoms with van der Waals surface area (Å²) in [6, 6.07) is 6.55. The lowest BCUT2D eigenvalue weighted by Gasteiger charge is -2.36. The van der Waals surface area contributed by atoms with Crippen LogP contribution in [0, 0.1) is 5.82 Å². The molecule has 1 fully saturated rings. The van der Waals surface area contributed by atoms with E-state index in [1.54, 1.807) is 12.1 Å². The van der Waals surface area contributed by atoms with E-state index >= 15 is 0 Å². The third-order valence-electron chi connectivity index (χ3n) is 4.17. The Bertz CT molecular complexity index is 465. The summed E-state index contributed by atoms with van der Waals surface area (Å²) in [6.07, 6.45) is 4.84. The summed E-state index contributed by atoms with van der Waals surface area (Å²) < 4.78 is 12.9. The average molecular weight is 380 g/mol. The van der Waals surface area contributed by atoms with Crippen molar-refractivity contribution in [2.24, 2.45) is 5.73 Å². The molecule has 0 spiro atoms. The van der Waals surface area contributed by atoms with Gasteiger partial charge in [-0.1, -0.05) is 12.8 Å². The fraction of sp³-hybridized carbons (Fsp3) is 0.588. The van der Waals surface area contributed by atoms with Gasteiger partial charge < -0.3 is 15.5 Å². The smallest absolute Gasteiger partial charge is 0.222 e. The standard InChI is InChI=1S/C17H26FN3O.2ClH/c18-15-6-8-16(9-7-15)20-11-13-21(14-12-20)17(22)5-3-1-2-4-10-19;;/h6-9H,1-5,10-14,19H2;2*1H. The van der Waals surface area contributed by atoms with Crippen LogP contribution in [0.1, 0.15) is 32.1 Å². The highest BCUT2D eigenvalue weighted by Gasteiger charge is 2.20. The molecular weight excluding hydrogens is 352 g/mol. The molecule has 1 heterocycles. The van der Waals surface area contributed by atoms with Gasteiger partial charge in [0.05, 0.1) is 0 Å². The molecule has 1 amide bonds. The molecule has 7 heteroatoms. The van der Waals surface area contributed by atoms with Crippen molar-refractivity contribution in [3.05, 3.63) is 30.1 Å². The molecule has 1 aliphatic rings. The van der Waals surface area contributed by atoms with Crippen LogP contribution in [0.25, 0.3) is 0 Å². The van der Waals surface area contributed by atoms with Gasteiger partial charge in [0, 0.05) is 38.3 Å². The van der Waals surface area contributed by atoms with Gasteiger partial charge in [-0.25, -0.2) is 4.39 Å². The molecule has 0 saturated carbocycles. The second kappa shape index (κ2) is 12.3. The van der Waals surface area contributed by atoms with Crippen LogP contribution in [0.3, 0.4) is 0 Å². The van der Waals surface area contributed by atoms with Crippen molar-refractivity contribution in [1.82, 2.24) is 4.90 Å². The van der Waals surface area contributed by atoms with Crippen LogP contribution >= 0.6 is 24.8 Å². The van der Waals surface area contributed by atoms with E-state index in [-0.39, 0.29) is 36.5 Å². The number of benzene rings is 1. The molecule has 0 unspecified atom stereocenters. The molecule has 1 aromatic carbocycles. The Hall–Kier alpha value is -1.04. The Balaban J connectivity index is 0.00000264. The minimum Gasteiger partial charge on any atom is -0.368 e. The first-order valence-corrected chi connectivity index (χ1v) is 8.19. The molecule has 0 aliphatic carbocycles. The number of anilines is 1. The fourth-order valence-corrected chi connectivity index (χ4v) is 2.80. The Morgan fingerprint density at radius 3 is 2.12 bits per heavy atom. The summed E-state index contributed by atoms with van der Waals surface area (Å²) in [7, 11) is 0. The quantitative estimate of drug-likeness (QED) is 0.739. The zero-order valence-electron chi connectivity index (χ0n) is 14.0. The molecule has 24 heavy (non-hydrogen) atoms. The van der Waals surface area contributed by atoms with Crippen molar-refractivity contribution in [2.45, 2.75) is 32.1 Å². The predicted molar refractivity (Wildman–Crippen MR) is 102 cm³/mol. The van der Waals surface area contributed by atoms with Gasteiger partial charge in [0.2, 0.25) is 5.91 Å². The van der Waals surface area contributed by atoms with Crippen LogP contribution in [-0.2, 0) is 4.79 Å². The fourth-order valence-electron chi connectivity index (χ4n) is 2.80. The summed E-state index contributed by atoms with van der Waals surface area (Å²) >= 11 is 0. The number of rotatable bonds is 7. The molecule has 0 radical (unpaired) electrons. The molecule has 0 bridgehead atoms. The monoisotopic (exact) mass is 379 g/mol. The summed E-state index contributed by atoms with van der Waals surface area (Å²) in [6.45, 7) is 3.85. The van der Waals surface area contributed by atoms with Crippen LogP contribution in [0.5, 0.6) is 0 Å². The average Bonchev–Trinajstić information content (AvgIpc) is 2.55. The van der Waals surface area contributed by atoms with Gasteiger partial charge >= 0.3 is 0 Å². The van der Waals surface area contributed by atoms with Gasteiger partial charge in [-0.2, -0.15) is 0 Å². The van der Waals surface area contributed by atoms with Crippen molar-refractivity contribution in [3.63, 3.8) is 0 Å². The molecule has 0 aromatic heterocycles. The largest absolute Gasteiger partial charge is 0.368 e.